The molecule has 1 saturated heterocycles. The minimum absolute atomic E-state index is 0.184. The van der Waals surface area contributed by atoms with Gasteiger partial charge in [-0.15, -0.1) is 0 Å². The van der Waals surface area contributed by atoms with Gasteiger partial charge >= 0.3 is 0 Å². The molecule has 1 fully saturated rings. The van der Waals surface area contributed by atoms with Gasteiger partial charge in [0.2, 0.25) is 0 Å². The van der Waals surface area contributed by atoms with E-state index in [4.69, 9.17) is 11.6 Å². The van der Waals surface area contributed by atoms with Gasteiger partial charge in [-0.25, -0.2) is 4.68 Å². The smallest absolute Gasteiger partial charge is 0.287 e. The molecular formula is C14H23ClN4O. The minimum atomic E-state index is -0.184. The van der Waals surface area contributed by atoms with E-state index in [1.54, 1.807) is 6.20 Å². The van der Waals surface area contributed by atoms with Crippen LogP contribution in [0.1, 0.15) is 33.6 Å². The number of hydrogen-bond acceptors (Lipinski definition) is 4. The van der Waals surface area contributed by atoms with E-state index in [0.717, 1.165) is 31.6 Å². The van der Waals surface area contributed by atoms with Gasteiger partial charge < -0.3 is 10.2 Å². The SMILES string of the molecule is CCCCn1ncc(N2CC(C)NC(C)C2)c(Cl)c1=O. The van der Waals surface area contributed by atoms with Crippen molar-refractivity contribution >= 4 is 17.3 Å². The summed E-state index contributed by atoms with van der Waals surface area (Å²) in [5, 5.41) is 8.01. The predicted molar refractivity (Wildman–Crippen MR) is 82.7 cm³/mol. The number of rotatable bonds is 4. The highest BCUT2D eigenvalue weighted by Crippen LogP contribution is 2.23. The fraction of sp³-hybridized carbons (Fsp3) is 0.714. The van der Waals surface area contributed by atoms with Gasteiger partial charge in [-0.3, -0.25) is 4.79 Å². The van der Waals surface area contributed by atoms with Crippen LogP contribution in [0.2, 0.25) is 5.02 Å². The second-order valence-electron chi connectivity index (χ2n) is 5.60. The number of piperazine rings is 1. The van der Waals surface area contributed by atoms with Gasteiger partial charge in [0, 0.05) is 31.7 Å². The molecule has 2 atom stereocenters. The van der Waals surface area contributed by atoms with Gasteiger partial charge in [0.15, 0.2) is 0 Å². The summed E-state index contributed by atoms with van der Waals surface area (Å²) in [4.78, 5) is 14.4. The zero-order valence-corrected chi connectivity index (χ0v) is 13.2. The van der Waals surface area contributed by atoms with Crippen LogP contribution in [-0.2, 0) is 6.54 Å². The van der Waals surface area contributed by atoms with Crippen LogP contribution in [0.15, 0.2) is 11.0 Å². The lowest BCUT2D eigenvalue weighted by Crippen LogP contribution is -2.54. The zero-order chi connectivity index (χ0) is 14.7. The Labute approximate surface area is 124 Å². The van der Waals surface area contributed by atoms with E-state index in [2.05, 4.69) is 36.1 Å². The highest BCUT2D eigenvalue weighted by atomic mass is 35.5. The van der Waals surface area contributed by atoms with E-state index in [1.165, 1.54) is 4.68 Å². The van der Waals surface area contributed by atoms with Gasteiger partial charge in [-0.05, 0) is 20.3 Å². The number of nitrogens with zero attached hydrogens (tertiary/aromatic N) is 3. The van der Waals surface area contributed by atoms with E-state index in [1.807, 2.05) is 0 Å². The summed E-state index contributed by atoms with van der Waals surface area (Å²) in [6, 6.07) is 0.745. The molecule has 2 heterocycles. The minimum Gasteiger partial charge on any atom is -0.366 e. The molecule has 1 aliphatic heterocycles. The third-order valence-corrected chi connectivity index (χ3v) is 3.94. The largest absolute Gasteiger partial charge is 0.366 e. The molecule has 20 heavy (non-hydrogen) atoms. The van der Waals surface area contributed by atoms with Gasteiger partial charge in [0.1, 0.15) is 5.02 Å². The summed E-state index contributed by atoms with van der Waals surface area (Å²) in [6.45, 7) is 8.65. The molecular weight excluding hydrogens is 276 g/mol. The Balaban J connectivity index is 2.24. The van der Waals surface area contributed by atoms with Gasteiger partial charge in [0.25, 0.3) is 5.56 Å². The Bertz CT molecular complexity index is 506. The highest BCUT2D eigenvalue weighted by molar-refractivity contribution is 6.33. The van der Waals surface area contributed by atoms with Crippen LogP contribution >= 0.6 is 11.6 Å². The molecule has 5 nitrogen and oxygen atoms in total. The second-order valence-corrected chi connectivity index (χ2v) is 5.98. The van der Waals surface area contributed by atoms with Crippen LogP contribution in [0.5, 0.6) is 0 Å². The number of nitrogens with one attached hydrogen (secondary N) is 1. The van der Waals surface area contributed by atoms with Crippen LogP contribution in [0.4, 0.5) is 5.69 Å². The van der Waals surface area contributed by atoms with Crippen molar-refractivity contribution < 1.29 is 0 Å². The first kappa shape index (κ1) is 15.3. The molecule has 0 amide bonds. The summed E-state index contributed by atoms with van der Waals surface area (Å²) < 4.78 is 1.46. The van der Waals surface area contributed by atoms with Crippen molar-refractivity contribution in [2.24, 2.45) is 0 Å². The molecule has 1 N–H and O–H groups in total. The maximum atomic E-state index is 12.2. The maximum Gasteiger partial charge on any atom is 0.287 e. The van der Waals surface area contributed by atoms with E-state index >= 15 is 0 Å². The molecule has 112 valence electrons. The molecule has 0 bridgehead atoms. The topological polar surface area (TPSA) is 50.2 Å². The molecule has 0 saturated carbocycles. The van der Waals surface area contributed by atoms with E-state index in [9.17, 15) is 4.79 Å². The molecule has 2 rings (SSSR count). The first-order chi connectivity index (χ1) is 9.52. The monoisotopic (exact) mass is 298 g/mol. The molecule has 0 aromatic carbocycles. The third kappa shape index (κ3) is 3.33. The number of unbranched alkanes of at least 4 members (excludes halogenated alkanes) is 1. The normalized spacial score (nSPS) is 23.1. The van der Waals surface area contributed by atoms with Crippen LogP contribution in [-0.4, -0.2) is 35.0 Å². The molecule has 2 unspecified atom stereocenters. The number of hydrogen-bond donors (Lipinski definition) is 1. The molecule has 0 radical (unpaired) electrons. The predicted octanol–water partition coefficient (Wildman–Crippen LogP) is 1.88. The van der Waals surface area contributed by atoms with Crippen molar-refractivity contribution in [3.63, 3.8) is 0 Å². The summed E-state index contributed by atoms with van der Waals surface area (Å²) in [5.41, 5.74) is 0.570. The fourth-order valence-electron chi connectivity index (χ4n) is 2.67. The second kappa shape index (κ2) is 6.59. The highest BCUT2D eigenvalue weighted by Gasteiger charge is 2.24. The van der Waals surface area contributed by atoms with Crippen LogP contribution in [0.3, 0.4) is 0 Å². The van der Waals surface area contributed by atoms with Crippen molar-refractivity contribution in [3.8, 4) is 0 Å². The first-order valence-corrected chi connectivity index (χ1v) is 7.67. The summed E-state index contributed by atoms with van der Waals surface area (Å²) in [7, 11) is 0. The molecule has 6 heteroatoms. The summed E-state index contributed by atoms with van der Waals surface area (Å²) >= 11 is 6.27. The molecule has 0 spiro atoms. The Kier molecular flexibility index (Phi) is 5.05. The maximum absolute atomic E-state index is 12.2. The van der Waals surface area contributed by atoms with Crippen LogP contribution < -0.4 is 15.8 Å². The van der Waals surface area contributed by atoms with Crippen LogP contribution in [0, 0.1) is 0 Å². The average molecular weight is 299 g/mol. The average Bonchev–Trinajstić information content (AvgIpc) is 2.39. The molecule has 1 aromatic heterocycles. The lowest BCUT2D eigenvalue weighted by atomic mass is 10.1. The van der Waals surface area contributed by atoms with Crippen molar-refractivity contribution in [1.29, 1.82) is 0 Å². The first-order valence-electron chi connectivity index (χ1n) is 7.29. The lowest BCUT2D eigenvalue weighted by Gasteiger charge is -2.37. The zero-order valence-electron chi connectivity index (χ0n) is 12.4. The number of aromatic nitrogens is 2. The van der Waals surface area contributed by atoms with Gasteiger partial charge in [-0.1, -0.05) is 24.9 Å². The van der Waals surface area contributed by atoms with Crippen molar-refractivity contribution in [2.45, 2.75) is 52.2 Å². The Morgan fingerprint density at radius 3 is 2.65 bits per heavy atom. The molecule has 1 aliphatic rings. The van der Waals surface area contributed by atoms with Crippen molar-refractivity contribution in [3.05, 3.63) is 21.6 Å². The summed E-state index contributed by atoms with van der Waals surface area (Å²) in [5.74, 6) is 0. The van der Waals surface area contributed by atoms with E-state index < -0.39 is 0 Å². The van der Waals surface area contributed by atoms with Crippen molar-refractivity contribution in [2.75, 3.05) is 18.0 Å². The lowest BCUT2D eigenvalue weighted by molar-refractivity contribution is 0.406. The fourth-order valence-corrected chi connectivity index (χ4v) is 2.93. The molecule has 1 aromatic rings. The number of anilines is 1. The Hall–Kier alpha value is -1.07. The van der Waals surface area contributed by atoms with Gasteiger partial charge in [0.05, 0.1) is 11.9 Å². The number of halogens is 1. The van der Waals surface area contributed by atoms with Crippen LogP contribution in [0.25, 0.3) is 0 Å². The third-order valence-electron chi connectivity index (χ3n) is 3.59. The van der Waals surface area contributed by atoms with E-state index in [-0.39, 0.29) is 10.6 Å². The quantitative estimate of drug-likeness (QED) is 0.922. The van der Waals surface area contributed by atoms with E-state index in [0.29, 0.717) is 18.6 Å². The Morgan fingerprint density at radius 1 is 1.40 bits per heavy atom. The summed E-state index contributed by atoms with van der Waals surface area (Å²) in [6.07, 6.45) is 3.69. The molecule has 0 aliphatic carbocycles. The standard InChI is InChI=1S/C14H23ClN4O/c1-4-5-6-19-14(20)13(15)12(7-16-19)18-8-10(2)17-11(3)9-18/h7,10-11,17H,4-6,8-9H2,1-3H3. The van der Waals surface area contributed by atoms with Gasteiger partial charge in [-0.2, -0.15) is 5.10 Å². The van der Waals surface area contributed by atoms with Crippen molar-refractivity contribution in [1.82, 2.24) is 15.1 Å². The number of aryl methyl sites for hydroxylation is 1. The Morgan fingerprint density at radius 2 is 2.05 bits per heavy atom.